The van der Waals surface area contributed by atoms with Gasteiger partial charge in [0.05, 0.1) is 0 Å². The minimum atomic E-state index is 0.207. The van der Waals surface area contributed by atoms with E-state index in [9.17, 15) is 0 Å². The zero-order valence-corrected chi connectivity index (χ0v) is 12.8. The van der Waals surface area contributed by atoms with Crippen LogP contribution in [0.4, 0.5) is 11.6 Å². The molecule has 0 aliphatic heterocycles. The molecule has 0 fully saturated rings. The van der Waals surface area contributed by atoms with Crippen LogP contribution in [0.5, 0.6) is 0 Å². The highest BCUT2D eigenvalue weighted by atomic mass is 15.2. The summed E-state index contributed by atoms with van der Waals surface area (Å²) in [7, 11) is 2.06. The van der Waals surface area contributed by atoms with Crippen LogP contribution in [0.25, 0.3) is 0 Å². The number of aryl methyl sites for hydroxylation is 1. The van der Waals surface area contributed by atoms with Crippen molar-refractivity contribution in [2.24, 2.45) is 11.7 Å². The fourth-order valence-corrected chi connectivity index (χ4v) is 1.91. The van der Waals surface area contributed by atoms with Gasteiger partial charge in [-0.15, -0.1) is 0 Å². The van der Waals surface area contributed by atoms with Gasteiger partial charge in [0, 0.05) is 32.2 Å². The number of aromatic nitrogens is 2. The van der Waals surface area contributed by atoms with Crippen molar-refractivity contribution in [2.75, 3.05) is 30.4 Å². The summed E-state index contributed by atoms with van der Waals surface area (Å²) in [5.74, 6) is 3.23. The second kappa shape index (κ2) is 7.28. The van der Waals surface area contributed by atoms with E-state index in [0.717, 1.165) is 37.0 Å². The molecule has 3 N–H and O–H groups in total. The molecule has 5 heteroatoms. The van der Waals surface area contributed by atoms with E-state index in [-0.39, 0.29) is 6.04 Å². The monoisotopic (exact) mass is 265 g/mol. The number of nitrogens with zero attached hydrogens (tertiary/aromatic N) is 3. The summed E-state index contributed by atoms with van der Waals surface area (Å²) in [6, 6.07) is 2.20. The fourth-order valence-electron chi connectivity index (χ4n) is 1.91. The molecule has 108 valence electrons. The van der Waals surface area contributed by atoms with Crippen LogP contribution in [0.1, 0.15) is 33.0 Å². The molecule has 0 radical (unpaired) electrons. The van der Waals surface area contributed by atoms with E-state index in [1.165, 1.54) is 0 Å². The Morgan fingerprint density at radius 1 is 1.32 bits per heavy atom. The molecule has 5 nitrogen and oxygen atoms in total. The molecule has 0 aliphatic carbocycles. The normalized spacial score (nSPS) is 12.6. The third kappa shape index (κ3) is 5.87. The average molecular weight is 265 g/mol. The minimum Gasteiger partial charge on any atom is -0.370 e. The number of nitrogens with one attached hydrogen (secondary N) is 1. The fraction of sp³-hybridized carbons (Fsp3) is 0.714. The van der Waals surface area contributed by atoms with Crippen molar-refractivity contribution in [3.8, 4) is 0 Å². The van der Waals surface area contributed by atoms with E-state index in [4.69, 9.17) is 5.73 Å². The van der Waals surface area contributed by atoms with Crippen LogP contribution in [0.2, 0.25) is 0 Å². The molecule has 0 amide bonds. The Morgan fingerprint density at radius 3 is 2.58 bits per heavy atom. The SMILES string of the molecule is Cc1nc(NCCC(C)N)cc(N(C)CC(C)C)n1. The van der Waals surface area contributed by atoms with Gasteiger partial charge in [-0.05, 0) is 26.2 Å². The highest BCUT2D eigenvalue weighted by Gasteiger charge is 2.08. The third-order valence-corrected chi connectivity index (χ3v) is 2.76. The van der Waals surface area contributed by atoms with Gasteiger partial charge in [0.15, 0.2) is 0 Å². The van der Waals surface area contributed by atoms with Crippen molar-refractivity contribution in [1.29, 1.82) is 0 Å². The van der Waals surface area contributed by atoms with Gasteiger partial charge in [0.1, 0.15) is 17.5 Å². The molecule has 0 aromatic carbocycles. The molecule has 19 heavy (non-hydrogen) atoms. The van der Waals surface area contributed by atoms with E-state index in [1.54, 1.807) is 0 Å². The Balaban J connectivity index is 2.70. The molecule has 1 unspecified atom stereocenters. The van der Waals surface area contributed by atoms with Crippen LogP contribution in [-0.2, 0) is 0 Å². The van der Waals surface area contributed by atoms with E-state index in [2.05, 4.69) is 41.1 Å². The minimum absolute atomic E-state index is 0.207. The molecule has 0 bridgehead atoms. The summed E-state index contributed by atoms with van der Waals surface area (Å²) in [5, 5.41) is 3.31. The lowest BCUT2D eigenvalue weighted by molar-refractivity contribution is 0.633. The molecular formula is C14H27N5. The zero-order chi connectivity index (χ0) is 14.4. The van der Waals surface area contributed by atoms with Crippen LogP contribution in [-0.4, -0.2) is 36.1 Å². The molecule has 0 saturated heterocycles. The Labute approximate surface area is 116 Å². The van der Waals surface area contributed by atoms with Crippen LogP contribution in [0, 0.1) is 12.8 Å². The molecule has 0 aliphatic rings. The predicted octanol–water partition coefficient (Wildman–Crippen LogP) is 2.03. The summed E-state index contributed by atoms with van der Waals surface area (Å²) < 4.78 is 0. The smallest absolute Gasteiger partial charge is 0.134 e. The first-order chi connectivity index (χ1) is 8.88. The number of anilines is 2. The van der Waals surface area contributed by atoms with Gasteiger partial charge in [-0.1, -0.05) is 13.8 Å². The highest BCUT2D eigenvalue weighted by Crippen LogP contribution is 2.15. The lowest BCUT2D eigenvalue weighted by Crippen LogP contribution is -2.24. The van der Waals surface area contributed by atoms with Crippen molar-refractivity contribution in [3.63, 3.8) is 0 Å². The molecule has 1 aromatic heterocycles. The third-order valence-electron chi connectivity index (χ3n) is 2.76. The average Bonchev–Trinajstić information content (AvgIpc) is 2.26. The number of rotatable bonds is 7. The first kappa shape index (κ1) is 15.7. The topological polar surface area (TPSA) is 67.1 Å². The van der Waals surface area contributed by atoms with Crippen LogP contribution in [0.15, 0.2) is 6.07 Å². The summed E-state index contributed by atoms with van der Waals surface area (Å²) in [6.07, 6.45) is 0.931. The second-order valence-corrected chi connectivity index (χ2v) is 5.63. The number of hydrogen-bond donors (Lipinski definition) is 2. The van der Waals surface area contributed by atoms with Crippen molar-refractivity contribution in [1.82, 2.24) is 9.97 Å². The van der Waals surface area contributed by atoms with Gasteiger partial charge in [-0.3, -0.25) is 0 Å². The van der Waals surface area contributed by atoms with E-state index >= 15 is 0 Å². The van der Waals surface area contributed by atoms with Crippen molar-refractivity contribution in [2.45, 2.75) is 40.2 Å². The Bertz CT molecular complexity index is 389. The molecule has 1 heterocycles. The van der Waals surface area contributed by atoms with Crippen LogP contribution >= 0.6 is 0 Å². The summed E-state index contributed by atoms with van der Waals surface area (Å²) in [5.41, 5.74) is 5.74. The Hall–Kier alpha value is -1.36. The van der Waals surface area contributed by atoms with Gasteiger partial charge in [-0.25, -0.2) is 9.97 Å². The molecule has 0 spiro atoms. The van der Waals surface area contributed by atoms with Gasteiger partial charge in [0.25, 0.3) is 0 Å². The van der Waals surface area contributed by atoms with Crippen molar-refractivity contribution < 1.29 is 0 Å². The van der Waals surface area contributed by atoms with Gasteiger partial charge < -0.3 is 16.0 Å². The van der Waals surface area contributed by atoms with E-state index in [1.807, 2.05) is 19.9 Å². The number of hydrogen-bond acceptors (Lipinski definition) is 5. The molecule has 1 atom stereocenters. The quantitative estimate of drug-likeness (QED) is 0.789. The second-order valence-electron chi connectivity index (χ2n) is 5.63. The Morgan fingerprint density at radius 2 is 2.00 bits per heavy atom. The van der Waals surface area contributed by atoms with E-state index < -0.39 is 0 Å². The van der Waals surface area contributed by atoms with Crippen LogP contribution < -0.4 is 16.0 Å². The maximum atomic E-state index is 5.74. The van der Waals surface area contributed by atoms with Crippen molar-refractivity contribution in [3.05, 3.63) is 11.9 Å². The van der Waals surface area contributed by atoms with Gasteiger partial charge in [0.2, 0.25) is 0 Å². The highest BCUT2D eigenvalue weighted by molar-refractivity contribution is 5.48. The van der Waals surface area contributed by atoms with E-state index in [0.29, 0.717) is 5.92 Å². The standard InChI is InChI=1S/C14H27N5/c1-10(2)9-19(5)14-8-13(17-12(4)18-14)16-7-6-11(3)15/h8,10-11H,6-7,9,15H2,1-5H3,(H,16,17,18). The lowest BCUT2D eigenvalue weighted by atomic mass is 10.2. The first-order valence-electron chi connectivity index (χ1n) is 6.94. The van der Waals surface area contributed by atoms with Gasteiger partial charge >= 0.3 is 0 Å². The maximum Gasteiger partial charge on any atom is 0.134 e. The largest absolute Gasteiger partial charge is 0.370 e. The molecular weight excluding hydrogens is 238 g/mol. The molecule has 0 saturated carbocycles. The summed E-state index contributed by atoms with van der Waals surface area (Å²) in [6.45, 7) is 10.1. The first-order valence-corrected chi connectivity index (χ1v) is 6.94. The number of nitrogens with two attached hydrogens (primary N) is 1. The Kier molecular flexibility index (Phi) is 6.02. The van der Waals surface area contributed by atoms with Crippen molar-refractivity contribution >= 4 is 11.6 Å². The molecule has 1 rings (SSSR count). The summed E-state index contributed by atoms with van der Waals surface area (Å²) in [4.78, 5) is 11.0. The van der Waals surface area contributed by atoms with Crippen LogP contribution in [0.3, 0.4) is 0 Å². The summed E-state index contributed by atoms with van der Waals surface area (Å²) >= 11 is 0. The zero-order valence-electron chi connectivity index (χ0n) is 12.8. The predicted molar refractivity (Wildman–Crippen MR) is 81.6 cm³/mol. The lowest BCUT2D eigenvalue weighted by Gasteiger charge is -2.21. The van der Waals surface area contributed by atoms with Gasteiger partial charge in [-0.2, -0.15) is 0 Å². The molecule has 1 aromatic rings. The maximum absolute atomic E-state index is 5.74.